The lowest BCUT2D eigenvalue weighted by Crippen LogP contribution is -2.33. The molecule has 1 aromatic heterocycles. The third-order valence-electron chi connectivity index (χ3n) is 3.65. The molecule has 0 bridgehead atoms. The Balaban J connectivity index is 1.67. The number of tetrazole rings is 1. The summed E-state index contributed by atoms with van der Waals surface area (Å²) in [5.74, 6) is 0.347. The van der Waals surface area contributed by atoms with Crippen molar-refractivity contribution in [3.63, 3.8) is 0 Å². The summed E-state index contributed by atoms with van der Waals surface area (Å²) < 4.78 is 0. The van der Waals surface area contributed by atoms with Crippen molar-refractivity contribution in [3.05, 3.63) is 40.7 Å². The molecule has 21 heavy (non-hydrogen) atoms. The Morgan fingerprint density at radius 1 is 1.43 bits per heavy atom. The molecule has 7 nitrogen and oxygen atoms in total. The minimum atomic E-state index is -1.17. The van der Waals surface area contributed by atoms with E-state index in [1.54, 1.807) is 29.2 Å². The molecule has 0 radical (unpaired) electrons. The van der Waals surface area contributed by atoms with Crippen molar-refractivity contribution in [3.8, 4) is 0 Å². The van der Waals surface area contributed by atoms with Crippen molar-refractivity contribution < 1.29 is 9.90 Å². The zero-order chi connectivity index (χ0) is 14.8. The first kappa shape index (κ1) is 14.0. The average Bonchev–Trinajstić information content (AvgIpc) is 3.17. The molecule has 3 rings (SSSR count). The summed E-state index contributed by atoms with van der Waals surface area (Å²) >= 11 is 5.80. The SMILES string of the molecule is O=C(C(O)c1ccc(Cl)cc1)N1CCC(c2nn[nH]n2)C1. The largest absolute Gasteiger partial charge is 0.378 e. The highest BCUT2D eigenvalue weighted by molar-refractivity contribution is 6.30. The zero-order valence-corrected chi connectivity index (χ0v) is 11.9. The maximum Gasteiger partial charge on any atom is 0.256 e. The number of nitrogens with one attached hydrogen (secondary N) is 1. The summed E-state index contributed by atoms with van der Waals surface area (Å²) in [5, 5.41) is 24.6. The second kappa shape index (κ2) is 5.79. The lowest BCUT2D eigenvalue weighted by Gasteiger charge is -2.20. The van der Waals surface area contributed by atoms with Crippen LogP contribution >= 0.6 is 11.6 Å². The van der Waals surface area contributed by atoms with Crippen LogP contribution in [0.2, 0.25) is 5.02 Å². The number of aliphatic hydroxyl groups excluding tert-OH is 1. The molecular formula is C13H14ClN5O2. The highest BCUT2D eigenvalue weighted by Gasteiger charge is 2.33. The fourth-order valence-electron chi connectivity index (χ4n) is 2.47. The number of amides is 1. The third-order valence-corrected chi connectivity index (χ3v) is 3.90. The Hall–Kier alpha value is -1.99. The number of H-pyrrole nitrogens is 1. The molecule has 1 aliphatic rings. The smallest absolute Gasteiger partial charge is 0.256 e. The predicted octanol–water partition coefficient (Wildman–Crippen LogP) is 0.903. The number of halogens is 1. The topological polar surface area (TPSA) is 95.0 Å². The summed E-state index contributed by atoms with van der Waals surface area (Å²) in [6.45, 7) is 1.06. The van der Waals surface area contributed by atoms with Gasteiger partial charge in [-0.15, -0.1) is 10.2 Å². The quantitative estimate of drug-likeness (QED) is 0.878. The van der Waals surface area contributed by atoms with Crippen LogP contribution in [0, 0.1) is 0 Å². The highest BCUT2D eigenvalue weighted by Crippen LogP contribution is 2.27. The number of aromatic amines is 1. The third kappa shape index (κ3) is 2.88. The minimum Gasteiger partial charge on any atom is -0.378 e. The molecule has 1 aliphatic heterocycles. The number of carbonyl (C=O) groups is 1. The number of nitrogens with zero attached hydrogens (tertiary/aromatic N) is 4. The van der Waals surface area contributed by atoms with E-state index in [2.05, 4.69) is 20.6 Å². The van der Waals surface area contributed by atoms with Crippen molar-refractivity contribution in [2.75, 3.05) is 13.1 Å². The maximum atomic E-state index is 12.3. The van der Waals surface area contributed by atoms with Crippen molar-refractivity contribution >= 4 is 17.5 Å². The Kier molecular flexibility index (Phi) is 3.85. The van der Waals surface area contributed by atoms with E-state index in [0.717, 1.165) is 6.42 Å². The molecule has 2 heterocycles. The van der Waals surface area contributed by atoms with E-state index in [9.17, 15) is 9.90 Å². The van der Waals surface area contributed by atoms with Gasteiger partial charge in [-0.05, 0) is 24.1 Å². The standard InChI is InChI=1S/C13H14ClN5O2/c14-10-3-1-8(2-4-10)11(20)13(21)19-6-5-9(7-19)12-15-17-18-16-12/h1-4,9,11,20H,5-7H2,(H,15,16,17,18). The molecule has 110 valence electrons. The second-order valence-corrected chi connectivity index (χ2v) is 5.43. The Bertz CT molecular complexity index is 616. The van der Waals surface area contributed by atoms with Gasteiger partial charge in [0.2, 0.25) is 0 Å². The molecule has 2 aromatic rings. The molecule has 2 atom stereocenters. The lowest BCUT2D eigenvalue weighted by molar-refractivity contribution is -0.139. The molecule has 2 N–H and O–H groups in total. The van der Waals surface area contributed by atoms with Gasteiger partial charge in [0.1, 0.15) is 0 Å². The van der Waals surface area contributed by atoms with Crippen LogP contribution in [0.3, 0.4) is 0 Å². The van der Waals surface area contributed by atoms with Crippen LogP contribution in [0.15, 0.2) is 24.3 Å². The Labute approximate surface area is 125 Å². The number of carbonyl (C=O) groups excluding carboxylic acids is 1. The van der Waals surface area contributed by atoms with Crippen LogP contribution in [-0.2, 0) is 4.79 Å². The van der Waals surface area contributed by atoms with Gasteiger partial charge < -0.3 is 10.0 Å². The predicted molar refractivity (Wildman–Crippen MR) is 74.5 cm³/mol. The number of hydrogen-bond acceptors (Lipinski definition) is 5. The van der Waals surface area contributed by atoms with Gasteiger partial charge in [-0.3, -0.25) is 4.79 Å². The summed E-state index contributed by atoms with van der Waals surface area (Å²) in [6, 6.07) is 6.61. The van der Waals surface area contributed by atoms with Crippen LogP contribution in [0.5, 0.6) is 0 Å². The van der Waals surface area contributed by atoms with E-state index >= 15 is 0 Å². The number of rotatable bonds is 3. The molecule has 1 aromatic carbocycles. The first-order valence-electron chi connectivity index (χ1n) is 6.61. The van der Waals surface area contributed by atoms with Gasteiger partial charge in [0.25, 0.3) is 5.91 Å². The van der Waals surface area contributed by atoms with Gasteiger partial charge in [-0.2, -0.15) is 5.21 Å². The van der Waals surface area contributed by atoms with Gasteiger partial charge in [-0.25, -0.2) is 0 Å². The van der Waals surface area contributed by atoms with E-state index in [0.29, 0.717) is 29.5 Å². The van der Waals surface area contributed by atoms with Crippen LogP contribution in [0.1, 0.15) is 29.8 Å². The molecule has 1 saturated heterocycles. The van der Waals surface area contributed by atoms with Crippen LogP contribution in [0.25, 0.3) is 0 Å². The molecule has 8 heteroatoms. The second-order valence-electron chi connectivity index (χ2n) is 4.99. The van der Waals surface area contributed by atoms with Crippen molar-refractivity contribution in [1.29, 1.82) is 0 Å². The van der Waals surface area contributed by atoms with E-state index < -0.39 is 6.10 Å². The summed E-state index contributed by atoms with van der Waals surface area (Å²) in [6.07, 6.45) is -0.412. The van der Waals surface area contributed by atoms with Crippen LogP contribution in [0.4, 0.5) is 0 Å². The number of aliphatic hydroxyl groups is 1. The van der Waals surface area contributed by atoms with E-state index in [-0.39, 0.29) is 11.8 Å². The van der Waals surface area contributed by atoms with Crippen molar-refractivity contribution in [1.82, 2.24) is 25.5 Å². The minimum absolute atomic E-state index is 0.0603. The fourth-order valence-corrected chi connectivity index (χ4v) is 2.60. The van der Waals surface area contributed by atoms with E-state index in [4.69, 9.17) is 11.6 Å². The van der Waals surface area contributed by atoms with Crippen molar-refractivity contribution in [2.45, 2.75) is 18.4 Å². The van der Waals surface area contributed by atoms with Crippen LogP contribution in [-0.4, -0.2) is 49.6 Å². The first-order valence-corrected chi connectivity index (χ1v) is 6.98. The van der Waals surface area contributed by atoms with Gasteiger partial charge in [0, 0.05) is 24.0 Å². The van der Waals surface area contributed by atoms with Gasteiger partial charge in [0.15, 0.2) is 11.9 Å². The van der Waals surface area contributed by atoms with E-state index in [1.807, 2.05) is 0 Å². The van der Waals surface area contributed by atoms with Crippen molar-refractivity contribution in [2.24, 2.45) is 0 Å². The maximum absolute atomic E-state index is 12.3. The Morgan fingerprint density at radius 3 is 2.86 bits per heavy atom. The molecule has 0 spiro atoms. The summed E-state index contributed by atoms with van der Waals surface area (Å²) in [7, 11) is 0. The number of hydrogen-bond donors (Lipinski definition) is 2. The monoisotopic (exact) mass is 307 g/mol. The number of benzene rings is 1. The molecular weight excluding hydrogens is 294 g/mol. The average molecular weight is 308 g/mol. The molecule has 1 fully saturated rings. The molecule has 2 unspecified atom stereocenters. The van der Waals surface area contributed by atoms with Crippen LogP contribution < -0.4 is 0 Å². The summed E-state index contributed by atoms with van der Waals surface area (Å²) in [4.78, 5) is 13.9. The molecule has 1 amide bonds. The summed E-state index contributed by atoms with van der Waals surface area (Å²) in [5.41, 5.74) is 0.535. The number of aromatic nitrogens is 4. The van der Waals surface area contributed by atoms with Gasteiger partial charge in [-0.1, -0.05) is 28.9 Å². The fraction of sp³-hybridized carbons (Fsp3) is 0.385. The Morgan fingerprint density at radius 2 is 2.19 bits per heavy atom. The van der Waals surface area contributed by atoms with E-state index in [1.165, 1.54) is 0 Å². The zero-order valence-electron chi connectivity index (χ0n) is 11.1. The van der Waals surface area contributed by atoms with Gasteiger partial charge >= 0.3 is 0 Å². The number of likely N-dealkylation sites (tertiary alicyclic amines) is 1. The lowest BCUT2D eigenvalue weighted by atomic mass is 10.1. The normalized spacial score (nSPS) is 19.7. The molecule has 0 aliphatic carbocycles. The highest BCUT2D eigenvalue weighted by atomic mass is 35.5. The molecule has 0 saturated carbocycles. The van der Waals surface area contributed by atoms with Gasteiger partial charge in [0.05, 0.1) is 0 Å². The first-order chi connectivity index (χ1) is 10.1.